The number of piperidine rings is 1. The molecule has 0 amide bonds. The Balaban J connectivity index is 2.00. The van der Waals surface area contributed by atoms with Crippen LogP contribution in [0.2, 0.25) is 0 Å². The molecular formula is C15H26INO2. The third kappa shape index (κ3) is 4.59. The third-order valence-corrected chi connectivity index (χ3v) is 4.95. The molecule has 0 radical (unpaired) electrons. The van der Waals surface area contributed by atoms with Crippen LogP contribution in [0, 0.1) is 5.92 Å². The maximum absolute atomic E-state index is 12.0. The molecule has 2 fully saturated rings. The Bertz CT molecular complexity index is 266. The predicted molar refractivity (Wildman–Crippen MR) is 85.6 cm³/mol. The van der Waals surface area contributed by atoms with E-state index in [9.17, 15) is 4.79 Å². The van der Waals surface area contributed by atoms with Crippen LogP contribution in [0.15, 0.2) is 0 Å². The van der Waals surface area contributed by atoms with Crippen LogP contribution < -0.4 is 5.32 Å². The minimum atomic E-state index is -0.0488. The predicted octanol–water partition coefficient (Wildman–Crippen LogP) is 3.44. The standard InChI is InChI=1S/C15H26INO2/c1-11(16)15(18)19-14(12-7-3-2-4-8-12)13-9-5-6-10-17-13/h11-14,17H,2-10H2,1H3. The van der Waals surface area contributed by atoms with Gasteiger partial charge >= 0.3 is 5.97 Å². The Hall–Kier alpha value is 0.160. The van der Waals surface area contributed by atoms with Crippen molar-refractivity contribution in [3.8, 4) is 0 Å². The van der Waals surface area contributed by atoms with E-state index >= 15 is 0 Å². The highest BCUT2D eigenvalue weighted by molar-refractivity contribution is 14.1. The van der Waals surface area contributed by atoms with Crippen molar-refractivity contribution in [2.75, 3.05) is 6.54 Å². The van der Waals surface area contributed by atoms with Crippen molar-refractivity contribution in [3.05, 3.63) is 0 Å². The van der Waals surface area contributed by atoms with Crippen LogP contribution in [0.1, 0.15) is 58.3 Å². The summed E-state index contributed by atoms with van der Waals surface area (Å²) in [4.78, 5) is 12.0. The van der Waals surface area contributed by atoms with Crippen LogP contribution in [-0.4, -0.2) is 28.6 Å². The Kier molecular flexibility index (Phi) is 6.39. The molecule has 1 N–H and O–H groups in total. The fraction of sp³-hybridized carbons (Fsp3) is 0.933. The van der Waals surface area contributed by atoms with Gasteiger partial charge in [-0.3, -0.25) is 4.79 Å². The van der Waals surface area contributed by atoms with E-state index in [1.165, 1.54) is 44.9 Å². The normalized spacial score (nSPS) is 28.6. The molecule has 1 saturated heterocycles. The van der Waals surface area contributed by atoms with Crippen LogP contribution >= 0.6 is 22.6 Å². The summed E-state index contributed by atoms with van der Waals surface area (Å²) < 4.78 is 5.83. The van der Waals surface area contributed by atoms with Gasteiger partial charge in [0.1, 0.15) is 10.0 Å². The monoisotopic (exact) mass is 379 g/mol. The first-order chi connectivity index (χ1) is 9.18. The second-order valence-electron chi connectivity index (χ2n) is 5.97. The summed E-state index contributed by atoms with van der Waals surface area (Å²) in [5.41, 5.74) is 0. The van der Waals surface area contributed by atoms with Gasteiger partial charge in [-0.25, -0.2) is 0 Å². The molecule has 19 heavy (non-hydrogen) atoms. The second kappa shape index (κ2) is 7.81. The first kappa shape index (κ1) is 15.5. The summed E-state index contributed by atoms with van der Waals surface area (Å²) in [5, 5.41) is 3.58. The molecule has 1 saturated carbocycles. The second-order valence-corrected chi connectivity index (χ2v) is 7.84. The van der Waals surface area contributed by atoms with Gasteiger partial charge in [0.25, 0.3) is 0 Å². The van der Waals surface area contributed by atoms with Crippen molar-refractivity contribution >= 4 is 28.6 Å². The van der Waals surface area contributed by atoms with Gasteiger partial charge in [-0.1, -0.05) is 48.3 Å². The molecule has 2 aliphatic rings. The maximum atomic E-state index is 12.0. The van der Waals surface area contributed by atoms with Gasteiger partial charge in [-0.05, 0) is 45.1 Å². The lowest BCUT2D eigenvalue weighted by atomic mass is 9.80. The van der Waals surface area contributed by atoms with Gasteiger partial charge in [0.05, 0.1) is 0 Å². The molecule has 1 aliphatic heterocycles. The van der Waals surface area contributed by atoms with Crippen molar-refractivity contribution in [2.45, 2.75) is 74.4 Å². The summed E-state index contributed by atoms with van der Waals surface area (Å²) in [6.45, 7) is 2.99. The summed E-state index contributed by atoms with van der Waals surface area (Å²) >= 11 is 2.15. The zero-order chi connectivity index (χ0) is 13.7. The number of nitrogens with one attached hydrogen (secondary N) is 1. The van der Waals surface area contributed by atoms with Gasteiger partial charge in [0, 0.05) is 6.04 Å². The zero-order valence-electron chi connectivity index (χ0n) is 11.9. The van der Waals surface area contributed by atoms with Crippen molar-refractivity contribution < 1.29 is 9.53 Å². The summed E-state index contributed by atoms with van der Waals surface area (Å²) in [7, 11) is 0. The van der Waals surface area contributed by atoms with Crippen LogP contribution in [0.3, 0.4) is 0 Å². The third-order valence-electron chi connectivity index (χ3n) is 4.44. The van der Waals surface area contributed by atoms with Gasteiger partial charge in [-0.2, -0.15) is 0 Å². The Morgan fingerprint density at radius 3 is 2.42 bits per heavy atom. The van der Waals surface area contributed by atoms with E-state index in [1.807, 2.05) is 6.92 Å². The molecule has 110 valence electrons. The number of esters is 1. The molecule has 3 unspecified atom stereocenters. The number of alkyl halides is 1. The SMILES string of the molecule is CC(I)C(=O)OC(C1CCCCC1)C1CCCCN1. The average molecular weight is 379 g/mol. The Morgan fingerprint density at radius 2 is 1.84 bits per heavy atom. The fourth-order valence-corrected chi connectivity index (χ4v) is 3.50. The lowest BCUT2D eigenvalue weighted by molar-refractivity contribution is -0.153. The highest BCUT2D eigenvalue weighted by Gasteiger charge is 2.34. The molecule has 0 aromatic carbocycles. The number of hydrogen-bond donors (Lipinski definition) is 1. The number of hydrogen-bond acceptors (Lipinski definition) is 3. The van der Waals surface area contributed by atoms with Crippen LogP contribution in [0.5, 0.6) is 0 Å². The van der Waals surface area contributed by atoms with Gasteiger partial charge in [-0.15, -0.1) is 0 Å². The molecule has 2 rings (SSSR count). The van der Waals surface area contributed by atoms with Crippen molar-refractivity contribution in [1.82, 2.24) is 5.32 Å². The summed E-state index contributed by atoms with van der Waals surface area (Å²) in [6, 6.07) is 0.385. The van der Waals surface area contributed by atoms with Gasteiger partial charge < -0.3 is 10.1 Å². The van der Waals surface area contributed by atoms with Crippen LogP contribution in [0.4, 0.5) is 0 Å². The highest BCUT2D eigenvalue weighted by Crippen LogP contribution is 2.32. The number of ether oxygens (including phenoxy) is 1. The fourth-order valence-electron chi connectivity index (χ4n) is 3.36. The molecule has 0 bridgehead atoms. The van der Waals surface area contributed by atoms with E-state index in [0.717, 1.165) is 13.0 Å². The highest BCUT2D eigenvalue weighted by atomic mass is 127. The number of rotatable bonds is 4. The van der Waals surface area contributed by atoms with E-state index < -0.39 is 0 Å². The molecule has 3 nitrogen and oxygen atoms in total. The molecule has 1 aliphatic carbocycles. The van der Waals surface area contributed by atoms with Crippen LogP contribution in [0.25, 0.3) is 0 Å². The van der Waals surface area contributed by atoms with Gasteiger partial charge in [0.2, 0.25) is 0 Å². The molecule has 0 aromatic rings. The molecule has 1 heterocycles. The average Bonchev–Trinajstić information content (AvgIpc) is 2.46. The van der Waals surface area contributed by atoms with E-state index in [-0.39, 0.29) is 16.0 Å². The first-order valence-corrected chi connectivity index (χ1v) is 9.01. The molecule has 3 atom stereocenters. The number of halogens is 1. The first-order valence-electron chi connectivity index (χ1n) is 7.76. The maximum Gasteiger partial charge on any atom is 0.318 e. The minimum Gasteiger partial charge on any atom is -0.460 e. The molecule has 0 aromatic heterocycles. The largest absolute Gasteiger partial charge is 0.460 e. The van der Waals surface area contributed by atoms with E-state index in [0.29, 0.717) is 12.0 Å². The quantitative estimate of drug-likeness (QED) is 0.462. The van der Waals surface area contributed by atoms with Crippen molar-refractivity contribution in [3.63, 3.8) is 0 Å². The van der Waals surface area contributed by atoms with Crippen molar-refractivity contribution in [1.29, 1.82) is 0 Å². The Labute approximate surface area is 130 Å². The lowest BCUT2D eigenvalue weighted by Gasteiger charge is -2.37. The molecule has 0 spiro atoms. The summed E-state index contributed by atoms with van der Waals surface area (Å²) in [6.07, 6.45) is 10.2. The van der Waals surface area contributed by atoms with Gasteiger partial charge in [0.15, 0.2) is 0 Å². The minimum absolute atomic E-state index is 0.0384. The smallest absolute Gasteiger partial charge is 0.318 e. The molecular weight excluding hydrogens is 353 g/mol. The lowest BCUT2D eigenvalue weighted by Crippen LogP contribution is -2.49. The zero-order valence-corrected chi connectivity index (χ0v) is 14.0. The van der Waals surface area contributed by atoms with Crippen molar-refractivity contribution in [2.24, 2.45) is 5.92 Å². The van der Waals surface area contributed by atoms with E-state index in [2.05, 4.69) is 27.9 Å². The number of carbonyl (C=O) groups excluding carboxylic acids is 1. The van der Waals surface area contributed by atoms with Crippen LogP contribution in [-0.2, 0) is 9.53 Å². The molecule has 4 heteroatoms. The van der Waals surface area contributed by atoms with E-state index in [1.54, 1.807) is 0 Å². The number of carbonyl (C=O) groups is 1. The Morgan fingerprint density at radius 1 is 1.16 bits per heavy atom. The van der Waals surface area contributed by atoms with E-state index in [4.69, 9.17) is 4.74 Å². The topological polar surface area (TPSA) is 38.3 Å². The summed E-state index contributed by atoms with van der Waals surface area (Å²) in [5.74, 6) is 0.534.